The lowest BCUT2D eigenvalue weighted by molar-refractivity contribution is 0.385. The molecule has 0 saturated carbocycles. The van der Waals surface area contributed by atoms with Crippen molar-refractivity contribution in [3.05, 3.63) is 76.2 Å². The molecule has 0 aliphatic carbocycles. The van der Waals surface area contributed by atoms with E-state index in [2.05, 4.69) is 15.1 Å². The lowest BCUT2D eigenvalue weighted by Crippen LogP contribution is -1.88. The highest BCUT2D eigenvalue weighted by atomic mass is 32.1. The van der Waals surface area contributed by atoms with E-state index in [9.17, 15) is 4.39 Å². The fourth-order valence-electron chi connectivity index (χ4n) is 2.50. The van der Waals surface area contributed by atoms with Crippen LogP contribution < -0.4 is 0 Å². The molecule has 0 radical (unpaired) electrons. The summed E-state index contributed by atoms with van der Waals surface area (Å²) in [6, 6.07) is 14.3. The van der Waals surface area contributed by atoms with Gasteiger partial charge >= 0.3 is 0 Å². The number of aryl methyl sites for hydroxylation is 1. The van der Waals surface area contributed by atoms with E-state index in [4.69, 9.17) is 4.52 Å². The quantitative estimate of drug-likeness (QED) is 0.525. The first-order valence-corrected chi connectivity index (χ1v) is 8.65. The van der Waals surface area contributed by atoms with E-state index < -0.39 is 0 Å². The average molecular weight is 351 g/mol. The number of benzene rings is 2. The van der Waals surface area contributed by atoms with Crippen molar-refractivity contribution in [2.75, 3.05) is 0 Å². The molecule has 0 N–H and O–H groups in total. The van der Waals surface area contributed by atoms with E-state index in [1.54, 1.807) is 12.1 Å². The predicted molar refractivity (Wildman–Crippen MR) is 94.8 cm³/mol. The summed E-state index contributed by atoms with van der Waals surface area (Å²) < 4.78 is 18.4. The van der Waals surface area contributed by atoms with Gasteiger partial charge in [-0.1, -0.05) is 28.9 Å². The molecule has 0 aliphatic heterocycles. The van der Waals surface area contributed by atoms with Gasteiger partial charge in [0, 0.05) is 16.5 Å². The molecule has 0 unspecified atom stereocenters. The fraction of sp³-hybridized carbons (Fsp3) is 0.105. The van der Waals surface area contributed by atoms with Crippen LogP contribution in [0, 0.1) is 12.7 Å². The van der Waals surface area contributed by atoms with Crippen LogP contribution in [0.3, 0.4) is 0 Å². The second-order valence-corrected chi connectivity index (χ2v) is 6.63. The summed E-state index contributed by atoms with van der Waals surface area (Å²) in [7, 11) is 0. The highest BCUT2D eigenvalue weighted by Gasteiger charge is 2.12. The number of hydrogen-bond donors (Lipinski definition) is 0. The van der Waals surface area contributed by atoms with Crippen LogP contribution in [0.25, 0.3) is 22.6 Å². The van der Waals surface area contributed by atoms with E-state index in [1.165, 1.54) is 23.5 Å². The Kier molecular flexibility index (Phi) is 4.11. The van der Waals surface area contributed by atoms with Crippen molar-refractivity contribution in [3.63, 3.8) is 0 Å². The Morgan fingerprint density at radius 1 is 1.04 bits per heavy atom. The summed E-state index contributed by atoms with van der Waals surface area (Å²) in [5.74, 6) is 0.847. The molecule has 4 aromatic rings. The van der Waals surface area contributed by atoms with Crippen molar-refractivity contribution in [1.82, 2.24) is 15.1 Å². The van der Waals surface area contributed by atoms with E-state index in [0.29, 0.717) is 18.1 Å². The molecule has 124 valence electrons. The fourth-order valence-corrected chi connectivity index (χ4v) is 3.30. The van der Waals surface area contributed by atoms with Crippen LogP contribution >= 0.6 is 11.3 Å². The molecule has 6 heteroatoms. The molecular weight excluding hydrogens is 337 g/mol. The first-order valence-electron chi connectivity index (χ1n) is 7.77. The lowest BCUT2D eigenvalue weighted by atomic mass is 10.1. The molecule has 0 fully saturated rings. The molecule has 0 atom stereocenters. The second-order valence-electron chi connectivity index (χ2n) is 5.69. The minimum atomic E-state index is -0.256. The van der Waals surface area contributed by atoms with Crippen LogP contribution in [-0.4, -0.2) is 15.1 Å². The monoisotopic (exact) mass is 351 g/mol. The van der Waals surface area contributed by atoms with Crippen LogP contribution in [0.15, 0.2) is 58.4 Å². The topological polar surface area (TPSA) is 51.8 Å². The first-order chi connectivity index (χ1) is 12.2. The summed E-state index contributed by atoms with van der Waals surface area (Å²) in [6.45, 7) is 2.02. The van der Waals surface area contributed by atoms with Crippen molar-refractivity contribution in [3.8, 4) is 22.6 Å². The number of hydrogen-bond acceptors (Lipinski definition) is 5. The summed E-state index contributed by atoms with van der Waals surface area (Å²) in [5, 5.41) is 6.87. The van der Waals surface area contributed by atoms with Gasteiger partial charge in [-0.2, -0.15) is 4.98 Å². The normalized spacial score (nSPS) is 11.0. The molecule has 0 spiro atoms. The Morgan fingerprint density at radius 2 is 1.88 bits per heavy atom. The molecule has 0 aliphatic rings. The molecule has 0 bridgehead atoms. The van der Waals surface area contributed by atoms with Crippen LogP contribution in [0.5, 0.6) is 0 Å². The molecule has 4 nitrogen and oxygen atoms in total. The van der Waals surface area contributed by atoms with Crippen molar-refractivity contribution in [1.29, 1.82) is 0 Å². The van der Waals surface area contributed by atoms with Gasteiger partial charge in [-0.3, -0.25) is 0 Å². The minimum Gasteiger partial charge on any atom is -0.339 e. The Labute approximate surface area is 148 Å². The van der Waals surface area contributed by atoms with Gasteiger partial charge in [0.05, 0.1) is 12.1 Å². The molecule has 25 heavy (non-hydrogen) atoms. The Morgan fingerprint density at radius 3 is 2.68 bits per heavy atom. The summed E-state index contributed by atoms with van der Waals surface area (Å²) in [4.78, 5) is 9.02. The molecule has 0 amide bonds. The third kappa shape index (κ3) is 3.49. The Hall–Kier alpha value is -2.86. The minimum absolute atomic E-state index is 0.256. The molecule has 2 aromatic heterocycles. The number of thiazole rings is 1. The SMILES string of the molecule is Cc1cccc(-c2noc(Cc3nc(-c4ccc(F)cc4)cs3)n2)c1. The number of halogens is 1. The third-order valence-electron chi connectivity index (χ3n) is 3.74. The maximum Gasteiger partial charge on any atom is 0.233 e. The zero-order valence-electron chi connectivity index (χ0n) is 13.4. The maximum absolute atomic E-state index is 13.0. The van der Waals surface area contributed by atoms with E-state index in [1.807, 2.05) is 36.6 Å². The summed E-state index contributed by atoms with van der Waals surface area (Å²) in [6.07, 6.45) is 0.477. The van der Waals surface area contributed by atoms with E-state index in [-0.39, 0.29) is 5.82 Å². The van der Waals surface area contributed by atoms with Crippen LogP contribution in [0.2, 0.25) is 0 Å². The third-order valence-corrected chi connectivity index (χ3v) is 4.59. The Balaban J connectivity index is 1.52. The smallest absolute Gasteiger partial charge is 0.233 e. The lowest BCUT2D eigenvalue weighted by Gasteiger charge is -1.95. The van der Waals surface area contributed by atoms with E-state index in [0.717, 1.165) is 27.4 Å². The van der Waals surface area contributed by atoms with Gasteiger partial charge in [0.1, 0.15) is 10.8 Å². The van der Waals surface area contributed by atoms with Gasteiger partial charge in [0.25, 0.3) is 0 Å². The maximum atomic E-state index is 13.0. The second kappa shape index (κ2) is 6.57. The zero-order chi connectivity index (χ0) is 17.2. The summed E-state index contributed by atoms with van der Waals surface area (Å²) in [5.41, 5.74) is 3.78. The molecule has 4 rings (SSSR count). The Bertz CT molecular complexity index is 1010. The standard InChI is InChI=1S/C19H14FN3OS/c1-12-3-2-4-14(9-12)19-22-17(24-23-19)10-18-21-16(11-25-18)13-5-7-15(20)8-6-13/h2-9,11H,10H2,1H3. The average Bonchev–Trinajstić information content (AvgIpc) is 3.26. The van der Waals surface area contributed by atoms with Gasteiger partial charge in [0.2, 0.25) is 11.7 Å². The molecular formula is C19H14FN3OS. The van der Waals surface area contributed by atoms with Crippen molar-refractivity contribution in [2.24, 2.45) is 0 Å². The highest BCUT2D eigenvalue weighted by molar-refractivity contribution is 7.10. The van der Waals surface area contributed by atoms with Crippen molar-refractivity contribution < 1.29 is 8.91 Å². The van der Waals surface area contributed by atoms with Gasteiger partial charge in [-0.25, -0.2) is 9.37 Å². The molecule has 2 heterocycles. The van der Waals surface area contributed by atoms with E-state index >= 15 is 0 Å². The molecule has 2 aromatic carbocycles. The zero-order valence-corrected chi connectivity index (χ0v) is 14.3. The first kappa shape index (κ1) is 15.7. The van der Waals surface area contributed by atoms with Gasteiger partial charge in [-0.15, -0.1) is 11.3 Å². The van der Waals surface area contributed by atoms with Crippen molar-refractivity contribution >= 4 is 11.3 Å². The molecule has 0 saturated heterocycles. The van der Waals surface area contributed by atoms with Crippen molar-refractivity contribution in [2.45, 2.75) is 13.3 Å². The number of nitrogens with zero attached hydrogens (tertiary/aromatic N) is 3. The largest absolute Gasteiger partial charge is 0.339 e. The van der Waals surface area contributed by atoms with Crippen LogP contribution in [-0.2, 0) is 6.42 Å². The number of rotatable bonds is 4. The predicted octanol–water partition coefficient (Wildman–Crippen LogP) is 4.90. The van der Waals surface area contributed by atoms with Gasteiger partial charge < -0.3 is 4.52 Å². The van der Waals surface area contributed by atoms with Gasteiger partial charge in [0.15, 0.2) is 0 Å². The van der Waals surface area contributed by atoms with Gasteiger partial charge in [-0.05, 0) is 37.3 Å². The number of aromatic nitrogens is 3. The highest BCUT2D eigenvalue weighted by Crippen LogP contribution is 2.24. The van der Waals surface area contributed by atoms with Crippen LogP contribution in [0.4, 0.5) is 4.39 Å². The van der Waals surface area contributed by atoms with Crippen LogP contribution in [0.1, 0.15) is 16.5 Å². The summed E-state index contributed by atoms with van der Waals surface area (Å²) >= 11 is 1.52.